The molecule has 0 fully saturated rings. The molecule has 0 aromatic carbocycles. The van der Waals surface area contributed by atoms with Gasteiger partial charge < -0.3 is 0 Å². The molecule has 2 heterocycles. The van der Waals surface area contributed by atoms with E-state index in [0.717, 1.165) is 29.5 Å². The van der Waals surface area contributed by atoms with E-state index in [1.807, 2.05) is 0 Å². The Kier molecular flexibility index (Phi) is 13.6. The molecule has 0 aliphatic rings. The molecule has 0 atom stereocenters. The molecule has 5 heteroatoms. The van der Waals surface area contributed by atoms with Crippen molar-refractivity contribution >= 4 is 65.7 Å². The molecule has 0 unspecified atom stereocenters. The SMILES string of the molecule is CCC[CH2][Sn]([CH2]CCC)([CH2]CCC)[c]1ccc(-c2ccc(C(=O)CCCCCBr)s2)s1. The zero-order valence-electron chi connectivity index (χ0n) is 19.8. The van der Waals surface area contributed by atoms with Gasteiger partial charge in [0, 0.05) is 0 Å². The van der Waals surface area contributed by atoms with E-state index < -0.39 is 18.4 Å². The first-order valence-corrected chi connectivity index (χ1v) is 22.6. The van der Waals surface area contributed by atoms with Crippen LogP contribution in [0.2, 0.25) is 13.3 Å². The van der Waals surface area contributed by atoms with Crippen molar-refractivity contribution in [2.45, 2.75) is 98.3 Å². The molecule has 31 heavy (non-hydrogen) atoms. The quantitative estimate of drug-likeness (QED) is 0.0735. The van der Waals surface area contributed by atoms with Crippen LogP contribution in [0, 0.1) is 0 Å². The number of alkyl halides is 1. The van der Waals surface area contributed by atoms with E-state index in [1.165, 1.54) is 61.6 Å². The minimum atomic E-state index is -2.35. The summed E-state index contributed by atoms with van der Waals surface area (Å²) in [5.74, 6) is 0.324. The fourth-order valence-corrected chi connectivity index (χ4v) is 25.9. The minimum absolute atomic E-state index is 0.324. The monoisotopic (exact) mass is 632 g/mol. The zero-order valence-corrected chi connectivity index (χ0v) is 25.9. The van der Waals surface area contributed by atoms with Crippen molar-refractivity contribution in [2.24, 2.45) is 0 Å². The predicted octanol–water partition coefficient (Wildman–Crippen LogP) is 9.67. The molecule has 0 aliphatic heterocycles. The van der Waals surface area contributed by atoms with Gasteiger partial charge >= 0.3 is 197 Å². The Morgan fingerprint density at radius 1 is 0.774 bits per heavy atom. The molecule has 0 aliphatic carbocycles. The number of Topliss-reactive ketones (excluding diaryl/α,β-unsaturated/α-hetero) is 1. The fraction of sp³-hybridized carbons (Fsp3) is 0.654. The molecular weight excluding hydrogens is 591 g/mol. The number of thiophene rings is 2. The van der Waals surface area contributed by atoms with Crippen molar-refractivity contribution < 1.29 is 4.79 Å². The number of unbranched alkanes of at least 4 members (excludes halogenated alkanes) is 5. The molecule has 0 spiro atoms. The van der Waals surface area contributed by atoms with Crippen LogP contribution >= 0.6 is 38.6 Å². The van der Waals surface area contributed by atoms with Crippen LogP contribution in [-0.4, -0.2) is 29.5 Å². The van der Waals surface area contributed by atoms with Gasteiger partial charge in [0.25, 0.3) is 0 Å². The van der Waals surface area contributed by atoms with Gasteiger partial charge in [-0.2, -0.15) is 0 Å². The van der Waals surface area contributed by atoms with Crippen LogP contribution in [-0.2, 0) is 0 Å². The molecule has 2 aromatic heterocycles. The van der Waals surface area contributed by atoms with Gasteiger partial charge in [0.1, 0.15) is 0 Å². The summed E-state index contributed by atoms with van der Waals surface area (Å²) >= 11 is 4.92. The van der Waals surface area contributed by atoms with Crippen molar-refractivity contribution in [3.63, 3.8) is 0 Å². The molecule has 0 saturated carbocycles. The van der Waals surface area contributed by atoms with Gasteiger partial charge in [-0.25, -0.2) is 0 Å². The third-order valence-corrected chi connectivity index (χ3v) is 27.6. The van der Waals surface area contributed by atoms with Gasteiger partial charge in [-0.1, -0.05) is 15.9 Å². The summed E-state index contributed by atoms with van der Waals surface area (Å²) in [5.41, 5.74) is 0. The molecule has 174 valence electrons. The van der Waals surface area contributed by atoms with Crippen molar-refractivity contribution in [3.05, 3.63) is 29.1 Å². The first-order chi connectivity index (χ1) is 15.1. The first-order valence-electron chi connectivity index (χ1n) is 12.4. The van der Waals surface area contributed by atoms with E-state index in [2.05, 4.69) is 72.3 Å². The molecular formula is C26H41BrOS2Sn. The van der Waals surface area contributed by atoms with Crippen LogP contribution in [0.4, 0.5) is 0 Å². The zero-order chi connectivity index (χ0) is 22.5. The molecule has 2 rings (SSSR count). The first kappa shape index (κ1) is 27.6. The van der Waals surface area contributed by atoms with Gasteiger partial charge in [-0.15, -0.1) is 0 Å². The van der Waals surface area contributed by atoms with E-state index >= 15 is 0 Å². The van der Waals surface area contributed by atoms with Gasteiger partial charge in [-0.05, 0) is 0 Å². The van der Waals surface area contributed by atoms with E-state index in [-0.39, 0.29) is 0 Å². The van der Waals surface area contributed by atoms with Crippen LogP contribution in [0.15, 0.2) is 24.3 Å². The van der Waals surface area contributed by atoms with Crippen molar-refractivity contribution in [2.75, 3.05) is 5.33 Å². The molecule has 0 bridgehead atoms. The van der Waals surface area contributed by atoms with Crippen molar-refractivity contribution in [3.8, 4) is 9.75 Å². The van der Waals surface area contributed by atoms with E-state index in [4.69, 9.17) is 0 Å². The Hall–Kier alpha value is 0.349. The maximum absolute atomic E-state index is 12.6. The van der Waals surface area contributed by atoms with Crippen molar-refractivity contribution in [1.82, 2.24) is 0 Å². The number of rotatable bonds is 17. The Morgan fingerprint density at radius 2 is 1.35 bits per heavy atom. The molecule has 0 saturated heterocycles. The summed E-state index contributed by atoms with van der Waals surface area (Å²) in [7, 11) is 0. The van der Waals surface area contributed by atoms with Gasteiger partial charge in [0.15, 0.2) is 0 Å². The number of ketones is 1. The second-order valence-corrected chi connectivity index (χ2v) is 26.0. The molecule has 0 radical (unpaired) electrons. The Morgan fingerprint density at radius 3 is 1.94 bits per heavy atom. The standard InChI is InChI=1S/C14H14BrOS2.3C4H9.Sn/c15-9-3-1-2-5-11(16)12-7-8-14(18-12)13-6-4-10-17-13;3*1-3-4-2;/h4,6-8H,1-3,5,9H2;3*1,3-4H2,2H3;. The number of halogens is 1. The fourth-order valence-electron chi connectivity index (χ4n) is 4.35. The van der Waals surface area contributed by atoms with Gasteiger partial charge in [0.05, 0.1) is 0 Å². The average molecular weight is 632 g/mol. The predicted molar refractivity (Wildman–Crippen MR) is 149 cm³/mol. The number of carbonyl (C=O) groups is 1. The summed E-state index contributed by atoms with van der Waals surface area (Å²) in [6.45, 7) is 7.04. The van der Waals surface area contributed by atoms with Crippen LogP contribution in [0.5, 0.6) is 0 Å². The average Bonchev–Trinajstić information content (AvgIpc) is 3.46. The van der Waals surface area contributed by atoms with Crippen LogP contribution in [0.1, 0.15) is 94.7 Å². The van der Waals surface area contributed by atoms with Crippen LogP contribution in [0.25, 0.3) is 9.75 Å². The second-order valence-electron chi connectivity index (χ2n) is 8.84. The van der Waals surface area contributed by atoms with Crippen molar-refractivity contribution in [1.29, 1.82) is 0 Å². The van der Waals surface area contributed by atoms with E-state index in [9.17, 15) is 4.79 Å². The van der Waals surface area contributed by atoms with Gasteiger partial charge in [-0.3, -0.25) is 0 Å². The number of hydrogen-bond donors (Lipinski definition) is 0. The maximum atomic E-state index is 12.6. The van der Waals surface area contributed by atoms with E-state index in [0.29, 0.717) is 12.2 Å². The van der Waals surface area contributed by atoms with Crippen LogP contribution < -0.4 is 2.89 Å². The molecule has 0 N–H and O–H groups in total. The summed E-state index contributed by atoms with van der Waals surface area (Å²) < 4.78 is 6.35. The van der Waals surface area contributed by atoms with E-state index in [1.54, 1.807) is 14.2 Å². The normalized spacial score (nSPS) is 11.9. The Labute approximate surface area is 211 Å². The van der Waals surface area contributed by atoms with Crippen LogP contribution in [0.3, 0.4) is 0 Å². The third kappa shape index (κ3) is 8.57. The Balaban J connectivity index is 2.18. The summed E-state index contributed by atoms with van der Waals surface area (Å²) in [6.07, 6.45) is 12.2. The molecule has 1 nitrogen and oxygen atoms in total. The summed E-state index contributed by atoms with van der Waals surface area (Å²) in [4.78, 5) is 16.2. The molecule has 0 amide bonds. The third-order valence-electron chi connectivity index (χ3n) is 6.32. The topological polar surface area (TPSA) is 17.1 Å². The second kappa shape index (κ2) is 15.3. The summed E-state index contributed by atoms with van der Waals surface area (Å²) in [5, 5.41) is 1.03. The molecule has 2 aromatic rings. The number of carbonyl (C=O) groups excluding carboxylic acids is 1. The Bertz CT molecular complexity index is 745. The number of hydrogen-bond acceptors (Lipinski definition) is 3. The van der Waals surface area contributed by atoms with Gasteiger partial charge in [0.2, 0.25) is 0 Å². The summed E-state index contributed by atoms with van der Waals surface area (Å²) in [6, 6.07) is 9.12.